The predicted octanol–water partition coefficient (Wildman–Crippen LogP) is 4.53. The van der Waals surface area contributed by atoms with Gasteiger partial charge in [-0.2, -0.15) is 17.5 Å². The number of hydrogen-bond acceptors (Lipinski definition) is 9. The molecule has 16 heteroatoms. The quantitative estimate of drug-likeness (QED) is 0.309. The molecule has 1 atom stereocenters. The van der Waals surface area contributed by atoms with Gasteiger partial charge in [0.1, 0.15) is 10.5 Å². The monoisotopic (exact) mass is 674 g/mol. The number of hydrogen-bond donors (Lipinski definition) is 1. The third kappa shape index (κ3) is 5.71. The van der Waals surface area contributed by atoms with E-state index in [2.05, 4.69) is 15.2 Å². The number of alkyl halides is 3. The van der Waals surface area contributed by atoms with Crippen molar-refractivity contribution in [3.05, 3.63) is 76.6 Å². The third-order valence-corrected chi connectivity index (χ3v) is 10.9. The van der Waals surface area contributed by atoms with E-state index in [0.717, 1.165) is 4.40 Å². The molecule has 2 aliphatic heterocycles. The summed E-state index contributed by atoms with van der Waals surface area (Å²) >= 11 is 0. The van der Waals surface area contributed by atoms with E-state index in [4.69, 9.17) is 14.5 Å². The molecule has 4 aromatic rings. The normalized spacial score (nSPS) is 18.8. The molecule has 1 fully saturated rings. The van der Waals surface area contributed by atoms with Gasteiger partial charge in [0, 0.05) is 36.8 Å². The number of halogens is 3. The Hall–Kier alpha value is -4.15. The number of aryl methyl sites for hydroxylation is 2. The van der Waals surface area contributed by atoms with Crippen LogP contribution in [0.5, 0.6) is 5.88 Å². The fourth-order valence-corrected chi connectivity index (χ4v) is 7.84. The second-order valence-electron chi connectivity index (χ2n) is 12.5. The van der Waals surface area contributed by atoms with Gasteiger partial charge < -0.3 is 14.6 Å². The molecule has 47 heavy (non-hydrogen) atoms. The van der Waals surface area contributed by atoms with Crippen molar-refractivity contribution in [1.29, 1.82) is 0 Å². The molecule has 2 aliphatic rings. The number of rotatable bonds is 6. The zero-order chi connectivity index (χ0) is 33.9. The Morgan fingerprint density at radius 3 is 2.51 bits per heavy atom. The molecule has 12 nitrogen and oxygen atoms in total. The maximum absolute atomic E-state index is 14.1. The van der Waals surface area contributed by atoms with Crippen molar-refractivity contribution in [3.63, 3.8) is 0 Å². The molecule has 1 spiro atoms. The topological polar surface area (TPSA) is 149 Å². The molecule has 1 N–H and O–H groups in total. The summed E-state index contributed by atoms with van der Waals surface area (Å²) in [5.41, 5.74) is -0.425. The first-order chi connectivity index (χ1) is 22.0. The Morgan fingerprint density at radius 1 is 1.11 bits per heavy atom. The molecule has 0 saturated carbocycles. The highest BCUT2D eigenvalue weighted by molar-refractivity contribution is 7.89. The van der Waals surface area contributed by atoms with Gasteiger partial charge in [-0.3, -0.25) is 14.2 Å². The Labute approximate surface area is 268 Å². The highest BCUT2D eigenvalue weighted by atomic mass is 32.2. The van der Waals surface area contributed by atoms with E-state index in [0.29, 0.717) is 54.1 Å². The molecule has 6 heterocycles. The van der Waals surface area contributed by atoms with Crippen LogP contribution in [0.1, 0.15) is 66.5 Å². The van der Waals surface area contributed by atoms with Crippen LogP contribution in [-0.2, 0) is 32.3 Å². The first-order valence-electron chi connectivity index (χ1n) is 14.9. The number of aliphatic carboxylic acids is 1. The average Bonchev–Trinajstić information content (AvgIpc) is 3.43. The molecule has 6 rings (SSSR count). The number of ether oxygens (including phenoxy) is 2. The Bertz CT molecular complexity index is 1970. The van der Waals surface area contributed by atoms with Gasteiger partial charge in [-0.1, -0.05) is 6.07 Å². The van der Waals surface area contributed by atoms with Crippen LogP contribution in [0.2, 0.25) is 0 Å². The lowest BCUT2D eigenvalue weighted by atomic mass is 9.72. The predicted molar refractivity (Wildman–Crippen MR) is 160 cm³/mol. The minimum absolute atomic E-state index is 0.00858. The summed E-state index contributed by atoms with van der Waals surface area (Å²) in [5.74, 6) is -3.31. The first-order valence-corrected chi connectivity index (χ1v) is 16.3. The van der Waals surface area contributed by atoms with E-state index in [1.165, 1.54) is 48.7 Å². The van der Waals surface area contributed by atoms with Crippen molar-refractivity contribution >= 4 is 21.6 Å². The van der Waals surface area contributed by atoms with E-state index in [-0.39, 0.29) is 29.5 Å². The Kier molecular flexibility index (Phi) is 8.04. The highest BCUT2D eigenvalue weighted by Gasteiger charge is 2.46. The summed E-state index contributed by atoms with van der Waals surface area (Å²) in [6.45, 7) is 6.97. The van der Waals surface area contributed by atoms with Crippen molar-refractivity contribution in [2.75, 3.05) is 19.8 Å². The molecular formula is C31H33F3N6O6S. The minimum atomic E-state index is -4.75. The van der Waals surface area contributed by atoms with Gasteiger partial charge in [0.2, 0.25) is 21.7 Å². The van der Waals surface area contributed by atoms with E-state index >= 15 is 0 Å². The van der Waals surface area contributed by atoms with Crippen molar-refractivity contribution in [2.24, 2.45) is 5.41 Å². The lowest BCUT2D eigenvalue weighted by molar-refractivity contribution is -0.147. The number of carbonyl (C=O) groups is 1. The van der Waals surface area contributed by atoms with Gasteiger partial charge in [0.25, 0.3) is 0 Å². The van der Waals surface area contributed by atoms with E-state index in [1.54, 1.807) is 26.0 Å². The largest absolute Gasteiger partial charge is 0.481 e. The van der Waals surface area contributed by atoms with Crippen LogP contribution in [-0.4, -0.2) is 73.7 Å². The van der Waals surface area contributed by atoms with Gasteiger partial charge in [-0.05, 0) is 68.7 Å². The van der Waals surface area contributed by atoms with E-state index in [9.17, 15) is 31.5 Å². The molecule has 0 aromatic carbocycles. The lowest BCUT2D eigenvalue weighted by Crippen LogP contribution is -2.50. The zero-order valence-electron chi connectivity index (χ0n) is 26.1. The molecule has 0 amide bonds. The molecule has 4 aromatic heterocycles. The van der Waals surface area contributed by atoms with Crippen LogP contribution in [0.15, 0.2) is 47.6 Å². The van der Waals surface area contributed by atoms with E-state index < -0.39 is 44.9 Å². The average molecular weight is 675 g/mol. The third-order valence-electron chi connectivity index (χ3n) is 9.09. The molecule has 0 bridgehead atoms. The molecule has 0 aliphatic carbocycles. The zero-order valence-corrected chi connectivity index (χ0v) is 26.9. The van der Waals surface area contributed by atoms with Gasteiger partial charge in [0.15, 0.2) is 5.65 Å². The first kappa shape index (κ1) is 32.8. The molecular weight excluding hydrogens is 641 g/mol. The van der Waals surface area contributed by atoms with E-state index in [1.807, 2.05) is 0 Å². The Balaban J connectivity index is 1.46. The summed E-state index contributed by atoms with van der Waals surface area (Å²) < 4.78 is 82.9. The van der Waals surface area contributed by atoms with Crippen molar-refractivity contribution in [2.45, 2.75) is 69.7 Å². The van der Waals surface area contributed by atoms with Gasteiger partial charge in [-0.25, -0.2) is 13.4 Å². The number of pyridine rings is 3. The maximum Gasteiger partial charge on any atom is 0.452 e. The SMILES string of the molecule is Cc1ccc(C(c2ccn3c(C(F)(F)F)nnc3c2C)C(C)(C)C(=O)O)nc1CN1CC2(CCOCC2)Oc2ncccc2S1(=O)=O. The number of fused-ring (bicyclic) bond motifs is 2. The summed E-state index contributed by atoms with van der Waals surface area (Å²) in [7, 11) is -4.12. The summed E-state index contributed by atoms with van der Waals surface area (Å²) in [4.78, 5) is 21.7. The molecule has 1 unspecified atom stereocenters. The van der Waals surface area contributed by atoms with Crippen LogP contribution in [0.25, 0.3) is 5.65 Å². The van der Waals surface area contributed by atoms with Crippen molar-refractivity contribution in [3.8, 4) is 5.88 Å². The van der Waals surface area contributed by atoms with Crippen LogP contribution < -0.4 is 4.74 Å². The van der Waals surface area contributed by atoms with Crippen LogP contribution in [0, 0.1) is 19.3 Å². The van der Waals surface area contributed by atoms with Crippen LogP contribution in [0.3, 0.4) is 0 Å². The van der Waals surface area contributed by atoms with Crippen LogP contribution in [0.4, 0.5) is 13.2 Å². The number of carboxylic acid groups (broad SMARTS) is 1. The standard InChI is InChI=1S/C31H33F3N6O6S/c1-18-7-8-21(24(29(3,4)28(41)42)20-9-13-40-25(19(20)2)37-38-27(40)31(32,33)34)36-22(18)16-39-17-30(10-14-45-15-11-30)46-26-23(47(39,43)44)6-5-12-35-26/h5-9,12-13,24H,10-11,14-17H2,1-4H3,(H,41,42). The number of sulfonamides is 1. The molecule has 250 valence electrons. The van der Waals surface area contributed by atoms with Gasteiger partial charge in [0.05, 0.1) is 37.4 Å². The van der Waals surface area contributed by atoms with Crippen molar-refractivity contribution < 1.29 is 41.0 Å². The summed E-state index contributed by atoms with van der Waals surface area (Å²) in [6.07, 6.45) is -1.23. The number of carboxylic acids is 1. The summed E-state index contributed by atoms with van der Waals surface area (Å²) in [5, 5.41) is 17.4. The second-order valence-corrected chi connectivity index (χ2v) is 14.5. The fraction of sp³-hybridized carbons (Fsp3) is 0.452. The number of aromatic nitrogens is 5. The van der Waals surface area contributed by atoms with Crippen LogP contribution >= 0.6 is 0 Å². The fourth-order valence-electron chi connectivity index (χ4n) is 6.30. The van der Waals surface area contributed by atoms with Gasteiger partial charge >= 0.3 is 12.1 Å². The second kappa shape index (κ2) is 11.5. The Morgan fingerprint density at radius 2 is 1.83 bits per heavy atom. The van der Waals surface area contributed by atoms with Gasteiger partial charge in [-0.15, -0.1) is 10.2 Å². The maximum atomic E-state index is 14.1. The minimum Gasteiger partial charge on any atom is -0.481 e. The van der Waals surface area contributed by atoms with Crippen molar-refractivity contribution in [1.82, 2.24) is 28.9 Å². The highest BCUT2D eigenvalue weighted by Crippen LogP contribution is 2.44. The molecule has 0 radical (unpaired) electrons. The molecule has 1 saturated heterocycles. The smallest absolute Gasteiger partial charge is 0.452 e. The summed E-state index contributed by atoms with van der Waals surface area (Å²) in [6, 6.07) is 7.78. The lowest BCUT2D eigenvalue weighted by Gasteiger charge is -2.38. The number of nitrogens with zero attached hydrogens (tertiary/aromatic N) is 6.